The molecule has 7 nitrogen and oxygen atoms in total. The number of nitrogens with zero attached hydrogens (tertiary/aromatic N) is 1. The summed E-state index contributed by atoms with van der Waals surface area (Å²) >= 11 is 0. The summed E-state index contributed by atoms with van der Waals surface area (Å²) in [7, 11) is -3.72. The van der Waals surface area contributed by atoms with Gasteiger partial charge in [0.25, 0.3) is 0 Å². The molecule has 4 N–H and O–H groups in total. The number of hydrogen-bond donors (Lipinski definition) is 3. The Morgan fingerprint density at radius 1 is 1.45 bits per heavy atom. The molecule has 1 unspecified atom stereocenters. The van der Waals surface area contributed by atoms with Crippen molar-refractivity contribution in [1.82, 2.24) is 14.7 Å². The summed E-state index contributed by atoms with van der Waals surface area (Å²) in [5.41, 5.74) is 6.12. The zero-order valence-electron chi connectivity index (χ0n) is 11.6. The van der Waals surface area contributed by atoms with Crippen LogP contribution in [-0.4, -0.2) is 18.4 Å². The topological polar surface area (TPSA) is 114 Å². The molecule has 2 aromatic rings. The number of aromatic amines is 1. The number of rotatable bonds is 5. The van der Waals surface area contributed by atoms with Crippen LogP contribution in [0.5, 0.6) is 0 Å². The Labute approximate surface area is 117 Å². The van der Waals surface area contributed by atoms with Crippen molar-refractivity contribution in [3.63, 3.8) is 0 Å². The Bertz CT molecular complexity index is 689. The second kappa shape index (κ2) is 5.39. The predicted molar refractivity (Wildman–Crippen MR) is 73.4 cm³/mol. The Kier molecular flexibility index (Phi) is 3.98. The van der Waals surface area contributed by atoms with Crippen LogP contribution in [0.15, 0.2) is 21.7 Å². The van der Waals surface area contributed by atoms with Crippen LogP contribution in [0.2, 0.25) is 0 Å². The molecule has 1 atom stereocenters. The van der Waals surface area contributed by atoms with Gasteiger partial charge in [-0.15, -0.1) is 0 Å². The van der Waals surface area contributed by atoms with E-state index in [0.717, 1.165) is 0 Å². The first-order valence-electron chi connectivity index (χ1n) is 6.17. The highest BCUT2D eigenvalue weighted by molar-refractivity contribution is 7.89. The third kappa shape index (κ3) is 2.62. The van der Waals surface area contributed by atoms with E-state index in [4.69, 9.17) is 10.2 Å². The third-order valence-electron chi connectivity index (χ3n) is 3.06. The molecular formula is C12H18N4O3S. The zero-order chi connectivity index (χ0) is 14.9. The molecule has 0 saturated carbocycles. The van der Waals surface area contributed by atoms with Crippen LogP contribution in [0.3, 0.4) is 0 Å². The number of nitrogens with two attached hydrogens (primary N) is 1. The SMILES string of the molecule is Cc1oc(C)c(S(=O)(=O)NC(C)c2ncc[nH]2)c1CN. The fourth-order valence-corrected chi connectivity index (χ4v) is 3.83. The van der Waals surface area contributed by atoms with Crippen LogP contribution in [0.1, 0.15) is 35.9 Å². The molecule has 0 spiro atoms. The van der Waals surface area contributed by atoms with Gasteiger partial charge in [0, 0.05) is 24.5 Å². The lowest BCUT2D eigenvalue weighted by molar-refractivity contribution is 0.493. The number of imidazole rings is 1. The minimum absolute atomic E-state index is 0.106. The van der Waals surface area contributed by atoms with Crippen molar-refractivity contribution >= 4 is 10.0 Å². The molecule has 0 saturated heterocycles. The smallest absolute Gasteiger partial charge is 0.245 e. The fraction of sp³-hybridized carbons (Fsp3) is 0.417. The van der Waals surface area contributed by atoms with Gasteiger partial charge < -0.3 is 15.1 Å². The number of hydrogen-bond acceptors (Lipinski definition) is 5. The van der Waals surface area contributed by atoms with Crippen molar-refractivity contribution in [2.45, 2.75) is 38.3 Å². The highest BCUT2D eigenvalue weighted by Crippen LogP contribution is 2.27. The molecule has 0 bridgehead atoms. The van der Waals surface area contributed by atoms with E-state index in [-0.39, 0.29) is 11.4 Å². The van der Waals surface area contributed by atoms with E-state index in [1.807, 2.05) is 0 Å². The molecule has 0 aliphatic heterocycles. The summed E-state index contributed by atoms with van der Waals surface area (Å²) in [6, 6.07) is -0.477. The van der Waals surface area contributed by atoms with Crippen molar-refractivity contribution < 1.29 is 12.8 Å². The number of aryl methyl sites for hydroxylation is 2. The molecule has 2 rings (SSSR count). The van der Waals surface area contributed by atoms with Crippen molar-refractivity contribution in [2.24, 2.45) is 5.73 Å². The number of furan rings is 1. The number of H-pyrrole nitrogens is 1. The summed E-state index contributed by atoms with van der Waals surface area (Å²) < 4.78 is 32.9. The van der Waals surface area contributed by atoms with Crippen LogP contribution >= 0.6 is 0 Å². The average Bonchev–Trinajstić information content (AvgIpc) is 2.95. The van der Waals surface area contributed by atoms with Gasteiger partial charge in [-0.3, -0.25) is 0 Å². The molecule has 0 aromatic carbocycles. The third-order valence-corrected chi connectivity index (χ3v) is 4.79. The molecule has 0 fully saturated rings. The zero-order valence-corrected chi connectivity index (χ0v) is 12.4. The van der Waals surface area contributed by atoms with Gasteiger partial charge in [0.1, 0.15) is 22.2 Å². The van der Waals surface area contributed by atoms with Gasteiger partial charge in [0.05, 0.1) is 6.04 Å². The van der Waals surface area contributed by atoms with Crippen LogP contribution in [0, 0.1) is 13.8 Å². The molecule has 8 heteroatoms. The average molecular weight is 298 g/mol. The number of sulfonamides is 1. The van der Waals surface area contributed by atoms with Crippen LogP contribution in [0.25, 0.3) is 0 Å². The second-order valence-electron chi connectivity index (χ2n) is 4.54. The monoisotopic (exact) mass is 298 g/mol. The highest BCUT2D eigenvalue weighted by atomic mass is 32.2. The van der Waals surface area contributed by atoms with Gasteiger partial charge in [0.2, 0.25) is 10.0 Å². The summed E-state index contributed by atoms with van der Waals surface area (Å²) in [4.78, 5) is 7.03. The molecule has 0 aliphatic carbocycles. The standard InChI is InChI=1S/C12H18N4O3S/c1-7(12-14-4-5-15-12)16-20(17,18)11-9(3)19-8(2)10(11)6-13/h4-5,7,16H,6,13H2,1-3H3,(H,14,15). The molecule has 20 heavy (non-hydrogen) atoms. The Balaban J connectivity index is 2.36. The second-order valence-corrected chi connectivity index (χ2v) is 6.19. The first kappa shape index (κ1) is 14.8. The highest BCUT2D eigenvalue weighted by Gasteiger charge is 2.28. The maximum atomic E-state index is 12.5. The lowest BCUT2D eigenvalue weighted by atomic mass is 10.2. The summed E-state index contributed by atoms with van der Waals surface area (Å²) in [5, 5.41) is 0. The van der Waals surface area contributed by atoms with E-state index in [9.17, 15) is 8.42 Å². The van der Waals surface area contributed by atoms with Crippen molar-refractivity contribution in [3.05, 3.63) is 35.3 Å². The summed E-state index contributed by atoms with van der Waals surface area (Å²) in [6.45, 7) is 5.12. The van der Waals surface area contributed by atoms with E-state index in [1.165, 1.54) is 0 Å². The van der Waals surface area contributed by atoms with Crippen molar-refractivity contribution in [1.29, 1.82) is 0 Å². The molecule has 2 heterocycles. The van der Waals surface area contributed by atoms with Gasteiger partial charge in [-0.05, 0) is 20.8 Å². The molecule has 2 aromatic heterocycles. The fourth-order valence-electron chi connectivity index (χ4n) is 2.16. The van der Waals surface area contributed by atoms with E-state index < -0.39 is 16.1 Å². The molecular weight excluding hydrogens is 280 g/mol. The maximum Gasteiger partial charge on any atom is 0.245 e. The Hall–Kier alpha value is -1.64. The van der Waals surface area contributed by atoms with Gasteiger partial charge >= 0.3 is 0 Å². The molecule has 0 amide bonds. The largest absolute Gasteiger partial charge is 0.465 e. The molecule has 110 valence electrons. The predicted octanol–water partition coefficient (Wildman–Crippen LogP) is 1.12. The Morgan fingerprint density at radius 2 is 2.15 bits per heavy atom. The van der Waals surface area contributed by atoms with E-state index in [0.29, 0.717) is 22.9 Å². The summed E-state index contributed by atoms with van der Waals surface area (Å²) in [5.74, 6) is 1.40. The van der Waals surface area contributed by atoms with Crippen LogP contribution < -0.4 is 10.5 Å². The van der Waals surface area contributed by atoms with Gasteiger partial charge in [-0.2, -0.15) is 0 Å². The van der Waals surface area contributed by atoms with E-state index >= 15 is 0 Å². The first-order chi connectivity index (χ1) is 9.36. The Morgan fingerprint density at radius 3 is 2.70 bits per heavy atom. The minimum atomic E-state index is -3.72. The van der Waals surface area contributed by atoms with E-state index in [2.05, 4.69) is 14.7 Å². The lowest BCUT2D eigenvalue weighted by Crippen LogP contribution is -2.28. The quantitative estimate of drug-likeness (QED) is 0.765. The number of nitrogens with one attached hydrogen (secondary N) is 2. The van der Waals surface area contributed by atoms with Crippen molar-refractivity contribution in [2.75, 3.05) is 0 Å². The molecule has 0 aliphatic rings. The normalized spacial score (nSPS) is 13.6. The minimum Gasteiger partial charge on any atom is -0.465 e. The summed E-state index contributed by atoms with van der Waals surface area (Å²) in [6.07, 6.45) is 3.21. The van der Waals surface area contributed by atoms with Gasteiger partial charge in [-0.25, -0.2) is 18.1 Å². The van der Waals surface area contributed by atoms with Gasteiger partial charge in [-0.1, -0.05) is 0 Å². The van der Waals surface area contributed by atoms with Crippen LogP contribution in [-0.2, 0) is 16.6 Å². The van der Waals surface area contributed by atoms with Gasteiger partial charge in [0.15, 0.2) is 0 Å². The number of aromatic nitrogens is 2. The lowest BCUT2D eigenvalue weighted by Gasteiger charge is -2.12. The van der Waals surface area contributed by atoms with E-state index in [1.54, 1.807) is 33.2 Å². The van der Waals surface area contributed by atoms with Crippen molar-refractivity contribution in [3.8, 4) is 0 Å². The first-order valence-corrected chi connectivity index (χ1v) is 7.65. The maximum absolute atomic E-state index is 12.5. The molecule has 0 radical (unpaired) electrons. The van der Waals surface area contributed by atoms with Crippen LogP contribution in [0.4, 0.5) is 0 Å².